The van der Waals surface area contributed by atoms with Gasteiger partial charge in [-0.3, -0.25) is 4.79 Å². The predicted octanol–water partition coefficient (Wildman–Crippen LogP) is 4.84. The number of benzene rings is 2. The average molecular weight is 279 g/mol. The molecule has 0 heterocycles. The summed E-state index contributed by atoms with van der Waals surface area (Å²) in [6, 6.07) is 10.5. The first-order valence-corrected chi connectivity index (χ1v) is 6.31. The molecule has 0 aliphatic heterocycles. The first-order valence-electron chi connectivity index (χ1n) is 5.56. The lowest BCUT2D eigenvalue weighted by atomic mass is 9.95. The summed E-state index contributed by atoms with van der Waals surface area (Å²) in [4.78, 5) is 12.4. The van der Waals surface area contributed by atoms with E-state index in [1.165, 1.54) is 0 Å². The molecule has 0 bridgehead atoms. The van der Waals surface area contributed by atoms with Gasteiger partial charge in [0.1, 0.15) is 0 Å². The Hall–Kier alpha value is -1.31. The van der Waals surface area contributed by atoms with Crippen LogP contribution in [-0.2, 0) is 0 Å². The van der Waals surface area contributed by atoms with Gasteiger partial charge in [0.25, 0.3) is 0 Å². The van der Waals surface area contributed by atoms with Crippen LogP contribution in [0.5, 0.6) is 0 Å². The molecule has 2 rings (SSSR count). The highest BCUT2D eigenvalue weighted by Gasteiger charge is 2.15. The number of halogens is 2. The van der Waals surface area contributed by atoms with Crippen molar-refractivity contribution < 1.29 is 4.79 Å². The minimum atomic E-state index is -0.00154. The molecule has 0 saturated heterocycles. The Bertz CT molecular complexity index is 577. The fourth-order valence-electron chi connectivity index (χ4n) is 2.01. The van der Waals surface area contributed by atoms with E-state index in [4.69, 9.17) is 23.2 Å². The topological polar surface area (TPSA) is 17.1 Å². The molecule has 1 nitrogen and oxygen atoms in total. The van der Waals surface area contributed by atoms with Gasteiger partial charge in [0, 0.05) is 21.2 Å². The zero-order valence-corrected chi connectivity index (χ0v) is 11.6. The van der Waals surface area contributed by atoms with Gasteiger partial charge in [-0.2, -0.15) is 0 Å². The quantitative estimate of drug-likeness (QED) is 0.719. The van der Waals surface area contributed by atoms with Crippen molar-refractivity contribution in [1.29, 1.82) is 0 Å². The fourth-order valence-corrected chi connectivity index (χ4v) is 2.47. The summed E-state index contributed by atoms with van der Waals surface area (Å²) < 4.78 is 0. The van der Waals surface area contributed by atoms with Crippen LogP contribution in [0.4, 0.5) is 0 Å². The zero-order valence-electron chi connectivity index (χ0n) is 10.1. The summed E-state index contributed by atoms with van der Waals surface area (Å²) in [5, 5.41) is 1.27. The molecule has 0 fully saturated rings. The third-order valence-electron chi connectivity index (χ3n) is 2.83. The molecule has 0 aromatic heterocycles. The van der Waals surface area contributed by atoms with E-state index in [-0.39, 0.29) is 5.78 Å². The average Bonchev–Trinajstić information content (AvgIpc) is 2.28. The van der Waals surface area contributed by atoms with Crippen molar-refractivity contribution in [2.75, 3.05) is 0 Å². The molecule has 18 heavy (non-hydrogen) atoms. The van der Waals surface area contributed by atoms with E-state index in [1.54, 1.807) is 36.4 Å². The lowest BCUT2D eigenvalue weighted by Gasteiger charge is -2.09. The van der Waals surface area contributed by atoms with E-state index in [1.807, 2.05) is 13.8 Å². The standard InChI is InChI=1S/C15H12Cl2O/c1-9-7-13(17)8-10(2)14(9)15(18)11-3-5-12(16)6-4-11/h3-8H,1-2H3. The summed E-state index contributed by atoms with van der Waals surface area (Å²) in [6.07, 6.45) is 0. The minimum Gasteiger partial charge on any atom is -0.289 e. The largest absolute Gasteiger partial charge is 0.289 e. The van der Waals surface area contributed by atoms with Crippen LogP contribution in [0.2, 0.25) is 10.0 Å². The van der Waals surface area contributed by atoms with Gasteiger partial charge in [0.15, 0.2) is 5.78 Å². The Morgan fingerprint density at radius 2 is 1.39 bits per heavy atom. The Morgan fingerprint density at radius 1 is 0.889 bits per heavy atom. The molecule has 0 unspecified atom stereocenters. The molecule has 92 valence electrons. The SMILES string of the molecule is Cc1cc(Cl)cc(C)c1C(=O)c1ccc(Cl)cc1. The van der Waals surface area contributed by atoms with Crippen LogP contribution >= 0.6 is 23.2 Å². The van der Waals surface area contributed by atoms with Gasteiger partial charge in [-0.15, -0.1) is 0 Å². The van der Waals surface area contributed by atoms with Gasteiger partial charge in [-0.1, -0.05) is 23.2 Å². The first kappa shape index (κ1) is 13.1. The van der Waals surface area contributed by atoms with Gasteiger partial charge < -0.3 is 0 Å². The van der Waals surface area contributed by atoms with Crippen LogP contribution in [0, 0.1) is 13.8 Å². The summed E-state index contributed by atoms with van der Waals surface area (Å²) in [6.45, 7) is 3.78. The molecule has 0 aliphatic carbocycles. The third kappa shape index (κ3) is 2.58. The molecule has 0 amide bonds. The van der Waals surface area contributed by atoms with E-state index >= 15 is 0 Å². The van der Waals surface area contributed by atoms with Crippen molar-refractivity contribution in [1.82, 2.24) is 0 Å². The Kier molecular flexibility index (Phi) is 3.74. The minimum absolute atomic E-state index is 0.00154. The second kappa shape index (κ2) is 5.13. The van der Waals surface area contributed by atoms with E-state index in [9.17, 15) is 4.79 Å². The summed E-state index contributed by atoms with van der Waals surface area (Å²) in [5.41, 5.74) is 3.12. The lowest BCUT2D eigenvalue weighted by Crippen LogP contribution is -2.06. The van der Waals surface area contributed by atoms with Crippen molar-refractivity contribution in [3.05, 3.63) is 68.7 Å². The van der Waals surface area contributed by atoms with Crippen molar-refractivity contribution >= 4 is 29.0 Å². The van der Waals surface area contributed by atoms with Crippen LogP contribution in [0.1, 0.15) is 27.0 Å². The van der Waals surface area contributed by atoms with Crippen molar-refractivity contribution in [3.63, 3.8) is 0 Å². The van der Waals surface area contributed by atoms with Gasteiger partial charge >= 0.3 is 0 Å². The first-order chi connectivity index (χ1) is 8.49. The molecule has 0 spiro atoms. The van der Waals surface area contributed by atoms with Crippen molar-refractivity contribution in [2.24, 2.45) is 0 Å². The Labute approximate surface area is 116 Å². The third-order valence-corrected chi connectivity index (χ3v) is 3.30. The van der Waals surface area contributed by atoms with Gasteiger partial charge in [0.2, 0.25) is 0 Å². The maximum Gasteiger partial charge on any atom is 0.193 e. The van der Waals surface area contributed by atoms with E-state index in [2.05, 4.69) is 0 Å². The maximum atomic E-state index is 12.4. The van der Waals surface area contributed by atoms with Gasteiger partial charge in [-0.05, 0) is 61.4 Å². The highest BCUT2D eigenvalue weighted by atomic mass is 35.5. The number of carbonyl (C=O) groups is 1. The molecular formula is C15H12Cl2O. The molecule has 0 atom stereocenters. The number of hydrogen-bond acceptors (Lipinski definition) is 1. The van der Waals surface area contributed by atoms with Gasteiger partial charge in [0.05, 0.1) is 0 Å². The smallest absolute Gasteiger partial charge is 0.193 e. The van der Waals surface area contributed by atoms with Crippen molar-refractivity contribution in [2.45, 2.75) is 13.8 Å². The number of ketones is 1. The van der Waals surface area contributed by atoms with Crippen LogP contribution in [0.3, 0.4) is 0 Å². The van der Waals surface area contributed by atoms with Crippen LogP contribution in [0.25, 0.3) is 0 Å². The molecular weight excluding hydrogens is 267 g/mol. The number of hydrogen-bond donors (Lipinski definition) is 0. The second-order valence-electron chi connectivity index (χ2n) is 4.25. The molecule has 0 radical (unpaired) electrons. The molecule has 2 aromatic rings. The monoisotopic (exact) mass is 278 g/mol. The van der Waals surface area contributed by atoms with Crippen LogP contribution < -0.4 is 0 Å². The zero-order chi connectivity index (χ0) is 13.3. The predicted molar refractivity (Wildman–Crippen MR) is 75.8 cm³/mol. The maximum absolute atomic E-state index is 12.4. The second-order valence-corrected chi connectivity index (χ2v) is 5.12. The fraction of sp³-hybridized carbons (Fsp3) is 0.133. The van der Waals surface area contributed by atoms with E-state index < -0.39 is 0 Å². The normalized spacial score (nSPS) is 10.4. The van der Waals surface area contributed by atoms with E-state index in [0.717, 1.165) is 11.1 Å². The summed E-state index contributed by atoms with van der Waals surface area (Å²) >= 11 is 11.8. The van der Waals surface area contributed by atoms with Crippen LogP contribution in [-0.4, -0.2) is 5.78 Å². The van der Waals surface area contributed by atoms with E-state index in [0.29, 0.717) is 21.2 Å². The summed E-state index contributed by atoms with van der Waals surface area (Å²) in [5.74, 6) is -0.00154. The van der Waals surface area contributed by atoms with Crippen molar-refractivity contribution in [3.8, 4) is 0 Å². The Morgan fingerprint density at radius 3 is 1.89 bits per heavy atom. The number of carbonyl (C=O) groups excluding carboxylic acids is 1. The van der Waals surface area contributed by atoms with Gasteiger partial charge in [-0.25, -0.2) is 0 Å². The molecule has 2 aromatic carbocycles. The molecule has 0 N–H and O–H groups in total. The highest BCUT2D eigenvalue weighted by Crippen LogP contribution is 2.23. The number of rotatable bonds is 2. The Balaban J connectivity index is 2.49. The molecule has 0 aliphatic rings. The number of aryl methyl sites for hydroxylation is 2. The molecule has 0 saturated carbocycles. The lowest BCUT2D eigenvalue weighted by molar-refractivity contribution is 0.103. The molecule has 3 heteroatoms. The van der Waals surface area contributed by atoms with Crippen LogP contribution in [0.15, 0.2) is 36.4 Å². The summed E-state index contributed by atoms with van der Waals surface area (Å²) in [7, 11) is 0. The highest BCUT2D eigenvalue weighted by molar-refractivity contribution is 6.31.